The molecule has 1 rings (SSSR count). The molecule has 1 amide bonds. The van der Waals surface area contributed by atoms with Gasteiger partial charge in [-0.3, -0.25) is 4.79 Å². The summed E-state index contributed by atoms with van der Waals surface area (Å²) in [5, 5.41) is 0. The number of likely N-dealkylation sites (N-methyl/N-ethyl adjacent to an activating group) is 1. The van der Waals surface area contributed by atoms with E-state index < -0.39 is 0 Å². The lowest BCUT2D eigenvalue weighted by molar-refractivity contribution is -0.135. The van der Waals surface area contributed by atoms with E-state index in [0.29, 0.717) is 19.8 Å². The minimum absolute atomic E-state index is 0.0296. The van der Waals surface area contributed by atoms with Crippen molar-refractivity contribution in [3.63, 3.8) is 0 Å². The number of carbonyl (C=O) groups is 1. The lowest BCUT2D eigenvalue weighted by Gasteiger charge is -2.16. The van der Waals surface area contributed by atoms with Crippen molar-refractivity contribution in [2.24, 2.45) is 0 Å². The number of carbonyl (C=O) groups excluding carboxylic acids is 1. The van der Waals surface area contributed by atoms with Crippen LogP contribution in [0.3, 0.4) is 0 Å². The molecule has 0 aliphatic carbocycles. The first kappa shape index (κ1) is 13.7. The summed E-state index contributed by atoms with van der Waals surface area (Å²) in [6.07, 6.45) is 0. The van der Waals surface area contributed by atoms with Gasteiger partial charge in [0, 0.05) is 20.7 Å². The van der Waals surface area contributed by atoms with E-state index >= 15 is 0 Å². The molecule has 4 nitrogen and oxygen atoms in total. The number of hydrogen-bond acceptors (Lipinski definition) is 3. The molecule has 0 fully saturated rings. The molecule has 0 heterocycles. The molecule has 4 heteroatoms. The van der Waals surface area contributed by atoms with E-state index in [1.165, 1.54) is 0 Å². The van der Waals surface area contributed by atoms with Crippen LogP contribution >= 0.6 is 0 Å². The fourth-order valence-corrected chi connectivity index (χ4v) is 1.29. The average molecular weight is 237 g/mol. The van der Waals surface area contributed by atoms with Crippen LogP contribution < -0.4 is 0 Å². The molecule has 0 aliphatic heterocycles. The monoisotopic (exact) mass is 237 g/mol. The Kier molecular flexibility index (Phi) is 6.29. The van der Waals surface area contributed by atoms with E-state index in [1.54, 1.807) is 19.1 Å². The van der Waals surface area contributed by atoms with Gasteiger partial charge in [0.05, 0.1) is 13.2 Å². The summed E-state index contributed by atoms with van der Waals surface area (Å²) >= 11 is 0. The van der Waals surface area contributed by atoms with Gasteiger partial charge in [0.15, 0.2) is 0 Å². The summed E-state index contributed by atoms with van der Waals surface area (Å²) in [7, 11) is 3.36. The van der Waals surface area contributed by atoms with Gasteiger partial charge in [-0.05, 0) is 5.56 Å². The normalized spacial score (nSPS) is 10.2. The number of amides is 1. The molecule has 0 radical (unpaired) electrons. The van der Waals surface area contributed by atoms with Gasteiger partial charge in [-0.25, -0.2) is 0 Å². The lowest BCUT2D eigenvalue weighted by atomic mass is 10.2. The van der Waals surface area contributed by atoms with Crippen molar-refractivity contribution in [1.82, 2.24) is 4.90 Å². The maximum absolute atomic E-state index is 11.6. The van der Waals surface area contributed by atoms with Gasteiger partial charge in [-0.1, -0.05) is 30.3 Å². The quantitative estimate of drug-likeness (QED) is 0.717. The second-order valence-electron chi connectivity index (χ2n) is 3.79. The van der Waals surface area contributed by atoms with Gasteiger partial charge in [0.1, 0.15) is 6.61 Å². The van der Waals surface area contributed by atoms with E-state index in [2.05, 4.69) is 0 Å². The number of nitrogens with zero attached hydrogens (tertiary/aromatic N) is 1. The fourth-order valence-electron chi connectivity index (χ4n) is 1.29. The molecule has 94 valence electrons. The first-order chi connectivity index (χ1) is 8.24. The summed E-state index contributed by atoms with van der Waals surface area (Å²) < 4.78 is 10.3. The minimum Gasteiger partial charge on any atom is -0.383 e. The van der Waals surface area contributed by atoms with E-state index in [4.69, 9.17) is 9.47 Å². The van der Waals surface area contributed by atoms with Crippen LogP contribution in [0.25, 0.3) is 0 Å². The lowest BCUT2D eigenvalue weighted by Crippen LogP contribution is -2.32. The Morgan fingerprint density at radius 2 is 2.00 bits per heavy atom. The Bertz CT molecular complexity index is 327. The standard InChI is InChI=1S/C13H19NO3/c1-14(8-9-16-2)13(15)11-17-10-12-6-4-3-5-7-12/h3-7H,8-11H2,1-2H3. The molecule has 0 aromatic heterocycles. The number of ether oxygens (including phenoxy) is 2. The second-order valence-corrected chi connectivity index (χ2v) is 3.79. The Hall–Kier alpha value is -1.39. The zero-order valence-electron chi connectivity index (χ0n) is 10.4. The van der Waals surface area contributed by atoms with Gasteiger partial charge < -0.3 is 14.4 Å². The van der Waals surface area contributed by atoms with Gasteiger partial charge in [0.2, 0.25) is 5.91 Å². The predicted octanol–water partition coefficient (Wildman–Crippen LogP) is 1.31. The number of rotatable bonds is 7. The summed E-state index contributed by atoms with van der Waals surface area (Å²) in [4.78, 5) is 13.2. The maximum atomic E-state index is 11.6. The molecule has 17 heavy (non-hydrogen) atoms. The predicted molar refractivity (Wildman–Crippen MR) is 65.6 cm³/mol. The van der Waals surface area contributed by atoms with Crippen LogP contribution in [0.4, 0.5) is 0 Å². The molecular formula is C13H19NO3. The zero-order valence-corrected chi connectivity index (χ0v) is 10.4. The Morgan fingerprint density at radius 3 is 2.65 bits per heavy atom. The van der Waals surface area contributed by atoms with Crippen molar-refractivity contribution in [1.29, 1.82) is 0 Å². The molecule has 0 aliphatic rings. The van der Waals surface area contributed by atoms with Crippen molar-refractivity contribution in [2.45, 2.75) is 6.61 Å². The van der Waals surface area contributed by atoms with Gasteiger partial charge in [-0.15, -0.1) is 0 Å². The van der Waals surface area contributed by atoms with Crippen LogP contribution in [-0.4, -0.2) is 44.7 Å². The minimum atomic E-state index is -0.0296. The number of methoxy groups -OCH3 is 1. The van der Waals surface area contributed by atoms with Crippen LogP contribution in [0, 0.1) is 0 Å². The smallest absolute Gasteiger partial charge is 0.248 e. The van der Waals surface area contributed by atoms with E-state index in [0.717, 1.165) is 5.56 Å². The molecule has 0 spiro atoms. The van der Waals surface area contributed by atoms with Crippen LogP contribution in [0.15, 0.2) is 30.3 Å². The highest BCUT2D eigenvalue weighted by Gasteiger charge is 2.07. The highest BCUT2D eigenvalue weighted by atomic mass is 16.5. The number of benzene rings is 1. The van der Waals surface area contributed by atoms with Crippen LogP contribution in [-0.2, 0) is 20.9 Å². The first-order valence-corrected chi connectivity index (χ1v) is 5.58. The molecular weight excluding hydrogens is 218 g/mol. The molecule has 0 saturated heterocycles. The molecule has 1 aromatic rings. The Morgan fingerprint density at radius 1 is 1.29 bits per heavy atom. The Balaban J connectivity index is 2.20. The van der Waals surface area contributed by atoms with Crippen molar-refractivity contribution >= 4 is 5.91 Å². The number of hydrogen-bond donors (Lipinski definition) is 0. The first-order valence-electron chi connectivity index (χ1n) is 5.58. The molecule has 1 aromatic carbocycles. The van der Waals surface area contributed by atoms with E-state index in [9.17, 15) is 4.79 Å². The summed E-state index contributed by atoms with van der Waals surface area (Å²) in [5.74, 6) is -0.0296. The molecule has 0 bridgehead atoms. The van der Waals surface area contributed by atoms with E-state index in [1.807, 2.05) is 30.3 Å². The zero-order chi connectivity index (χ0) is 12.5. The molecule has 0 atom stereocenters. The highest BCUT2D eigenvalue weighted by molar-refractivity contribution is 5.77. The third-order valence-corrected chi connectivity index (χ3v) is 2.39. The summed E-state index contributed by atoms with van der Waals surface area (Å²) in [5.41, 5.74) is 1.07. The molecule has 0 N–H and O–H groups in total. The summed E-state index contributed by atoms with van der Waals surface area (Å²) in [6, 6.07) is 9.79. The van der Waals surface area contributed by atoms with Gasteiger partial charge in [0.25, 0.3) is 0 Å². The van der Waals surface area contributed by atoms with Crippen molar-refractivity contribution in [2.75, 3.05) is 33.9 Å². The average Bonchev–Trinajstić information content (AvgIpc) is 2.37. The van der Waals surface area contributed by atoms with Crippen molar-refractivity contribution in [3.05, 3.63) is 35.9 Å². The van der Waals surface area contributed by atoms with Crippen molar-refractivity contribution in [3.8, 4) is 0 Å². The third kappa shape index (κ3) is 5.47. The van der Waals surface area contributed by atoms with E-state index in [-0.39, 0.29) is 12.5 Å². The third-order valence-electron chi connectivity index (χ3n) is 2.39. The summed E-state index contributed by atoms with van der Waals surface area (Å²) in [6.45, 7) is 1.70. The second kappa shape index (κ2) is 7.81. The SMILES string of the molecule is COCCN(C)C(=O)COCc1ccccc1. The van der Waals surface area contributed by atoms with Gasteiger partial charge >= 0.3 is 0 Å². The fraction of sp³-hybridized carbons (Fsp3) is 0.462. The molecule has 0 unspecified atom stereocenters. The van der Waals surface area contributed by atoms with Crippen LogP contribution in [0.5, 0.6) is 0 Å². The van der Waals surface area contributed by atoms with Crippen LogP contribution in [0.2, 0.25) is 0 Å². The van der Waals surface area contributed by atoms with Gasteiger partial charge in [-0.2, -0.15) is 0 Å². The Labute approximate surface area is 102 Å². The maximum Gasteiger partial charge on any atom is 0.248 e. The molecule has 0 saturated carbocycles. The highest BCUT2D eigenvalue weighted by Crippen LogP contribution is 2.00. The largest absolute Gasteiger partial charge is 0.383 e. The van der Waals surface area contributed by atoms with Crippen molar-refractivity contribution < 1.29 is 14.3 Å². The van der Waals surface area contributed by atoms with Crippen LogP contribution in [0.1, 0.15) is 5.56 Å². The topological polar surface area (TPSA) is 38.8 Å².